The van der Waals surface area contributed by atoms with E-state index in [0.29, 0.717) is 22.7 Å². The Hall–Kier alpha value is -3.93. The van der Waals surface area contributed by atoms with Crippen LogP contribution in [0.25, 0.3) is 5.76 Å². The normalized spacial score (nSPS) is 17.6. The molecule has 0 saturated carbocycles. The van der Waals surface area contributed by atoms with E-state index < -0.39 is 17.7 Å². The summed E-state index contributed by atoms with van der Waals surface area (Å²) < 4.78 is 5.51. The third-order valence-corrected chi connectivity index (χ3v) is 5.90. The molecule has 168 valence electrons. The Labute approximate surface area is 193 Å². The predicted molar refractivity (Wildman–Crippen MR) is 127 cm³/mol. The fraction of sp³-hybridized carbons (Fsp3) is 0.222. The van der Waals surface area contributed by atoms with Crippen LogP contribution in [0.4, 0.5) is 5.69 Å². The quantitative estimate of drug-likeness (QED) is 0.336. The molecule has 3 aromatic rings. The molecule has 0 radical (unpaired) electrons. The van der Waals surface area contributed by atoms with Crippen LogP contribution in [0.5, 0.6) is 5.75 Å². The number of Topliss-reactive ketones (excluding diaryl/α,β-unsaturated/α-hetero) is 1. The first-order valence-corrected chi connectivity index (χ1v) is 10.8. The molecule has 0 aliphatic carbocycles. The van der Waals surface area contributed by atoms with Gasteiger partial charge in [0.15, 0.2) is 0 Å². The minimum atomic E-state index is -0.849. The van der Waals surface area contributed by atoms with Crippen molar-refractivity contribution in [2.24, 2.45) is 0 Å². The zero-order chi connectivity index (χ0) is 23.7. The first-order chi connectivity index (χ1) is 15.8. The summed E-state index contributed by atoms with van der Waals surface area (Å²) in [5.41, 5.74) is 3.20. The van der Waals surface area contributed by atoms with Gasteiger partial charge < -0.3 is 9.84 Å². The maximum atomic E-state index is 13.3. The number of anilines is 1. The highest BCUT2D eigenvalue weighted by molar-refractivity contribution is 6.51. The van der Waals surface area contributed by atoms with Gasteiger partial charge in [0.25, 0.3) is 11.7 Å². The average molecular weight is 443 g/mol. The van der Waals surface area contributed by atoms with E-state index in [1.807, 2.05) is 39.0 Å². The van der Waals surface area contributed by atoms with Gasteiger partial charge in [-0.3, -0.25) is 19.5 Å². The van der Waals surface area contributed by atoms with Gasteiger partial charge in [-0.05, 0) is 60.4 Å². The van der Waals surface area contributed by atoms with Crippen LogP contribution >= 0.6 is 0 Å². The van der Waals surface area contributed by atoms with Gasteiger partial charge in [0.1, 0.15) is 17.6 Å². The number of rotatable bonds is 5. The third kappa shape index (κ3) is 3.89. The average Bonchev–Trinajstić information content (AvgIpc) is 3.09. The van der Waals surface area contributed by atoms with Crippen LogP contribution in [0.15, 0.2) is 72.4 Å². The third-order valence-electron chi connectivity index (χ3n) is 5.90. The van der Waals surface area contributed by atoms with Crippen LogP contribution in [-0.2, 0) is 9.59 Å². The number of amides is 1. The number of hydrogen-bond donors (Lipinski definition) is 1. The fourth-order valence-electron chi connectivity index (χ4n) is 4.23. The van der Waals surface area contributed by atoms with Crippen LogP contribution in [-0.4, -0.2) is 28.9 Å². The van der Waals surface area contributed by atoms with Crippen LogP contribution in [0.3, 0.4) is 0 Å². The monoisotopic (exact) mass is 442 g/mol. The number of nitrogens with zero attached hydrogens (tertiary/aromatic N) is 2. The van der Waals surface area contributed by atoms with Crippen LogP contribution in [0, 0.1) is 6.92 Å². The lowest BCUT2D eigenvalue weighted by molar-refractivity contribution is -0.132. The number of aliphatic hydroxyl groups is 1. The zero-order valence-corrected chi connectivity index (χ0v) is 19.1. The van der Waals surface area contributed by atoms with Gasteiger partial charge in [-0.15, -0.1) is 0 Å². The number of carbonyl (C=O) groups excluding carboxylic acids is 2. The summed E-state index contributed by atoms with van der Waals surface area (Å²) in [5, 5.41) is 11.5. The number of aliphatic hydroxyl groups excluding tert-OH is 1. The first kappa shape index (κ1) is 22.3. The molecule has 1 N–H and O–H groups in total. The Kier molecular flexibility index (Phi) is 6.01. The molecule has 0 spiro atoms. The summed E-state index contributed by atoms with van der Waals surface area (Å²) in [4.78, 5) is 32.3. The van der Waals surface area contributed by atoms with E-state index in [-0.39, 0.29) is 17.3 Å². The summed E-state index contributed by atoms with van der Waals surface area (Å²) in [6, 6.07) is 17.1. The number of aryl methyl sites for hydroxylation is 1. The predicted octanol–water partition coefficient (Wildman–Crippen LogP) is 5.15. The standard InChI is InChI=1S/C27H26N2O4/c1-16(2)19-15-20(17(3)14-22(19)33-4)25(30)23-24(21-12-8-9-13-28-21)29(27(32)26(23)31)18-10-6-5-7-11-18/h5-16,24,30H,1-4H3/b25-23+. The number of carbonyl (C=O) groups is 2. The molecule has 1 atom stereocenters. The van der Waals surface area contributed by atoms with Crippen molar-refractivity contribution in [3.8, 4) is 5.75 Å². The number of ketones is 1. The maximum absolute atomic E-state index is 13.3. The number of aromatic nitrogens is 1. The fourth-order valence-corrected chi connectivity index (χ4v) is 4.23. The van der Waals surface area contributed by atoms with Crippen molar-refractivity contribution < 1.29 is 19.4 Å². The van der Waals surface area contributed by atoms with E-state index in [1.54, 1.807) is 55.8 Å². The summed E-state index contributed by atoms with van der Waals surface area (Å²) >= 11 is 0. The summed E-state index contributed by atoms with van der Waals surface area (Å²) in [6.07, 6.45) is 1.61. The Morgan fingerprint density at radius 2 is 1.76 bits per heavy atom. The zero-order valence-electron chi connectivity index (χ0n) is 19.1. The lowest BCUT2D eigenvalue weighted by Crippen LogP contribution is -2.29. The molecule has 33 heavy (non-hydrogen) atoms. The summed E-state index contributed by atoms with van der Waals surface area (Å²) in [5.74, 6) is -0.818. The molecule has 1 fully saturated rings. The molecule has 0 bridgehead atoms. The lowest BCUT2D eigenvalue weighted by Gasteiger charge is -2.24. The molecule has 1 aromatic heterocycles. The molecular weight excluding hydrogens is 416 g/mol. The Morgan fingerprint density at radius 3 is 2.36 bits per heavy atom. The highest BCUT2D eigenvalue weighted by Gasteiger charge is 2.47. The van der Waals surface area contributed by atoms with E-state index in [9.17, 15) is 14.7 Å². The minimum Gasteiger partial charge on any atom is -0.507 e. The summed E-state index contributed by atoms with van der Waals surface area (Å²) in [7, 11) is 1.60. The molecule has 6 nitrogen and oxygen atoms in total. The van der Waals surface area contributed by atoms with E-state index in [4.69, 9.17) is 4.74 Å². The van der Waals surface area contributed by atoms with Crippen molar-refractivity contribution in [3.05, 3.63) is 94.8 Å². The molecule has 1 aliphatic heterocycles. The second kappa shape index (κ2) is 8.90. The highest BCUT2D eigenvalue weighted by Crippen LogP contribution is 2.42. The van der Waals surface area contributed by atoms with E-state index in [2.05, 4.69) is 4.98 Å². The second-order valence-corrected chi connectivity index (χ2v) is 8.32. The Bertz CT molecular complexity index is 1230. The van der Waals surface area contributed by atoms with Crippen molar-refractivity contribution in [2.75, 3.05) is 12.0 Å². The Balaban J connectivity index is 1.97. The maximum Gasteiger partial charge on any atom is 0.300 e. The SMILES string of the molecule is COc1cc(C)c(/C(O)=C2\C(=O)C(=O)N(c3ccccc3)C2c2ccccn2)cc1C(C)C. The van der Waals surface area contributed by atoms with Gasteiger partial charge in [0, 0.05) is 17.4 Å². The summed E-state index contributed by atoms with van der Waals surface area (Å²) in [6.45, 7) is 5.89. The van der Waals surface area contributed by atoms with Gasteiger partial charge >= 0.3 is 0 Å². The lowest BCUT2D eigenvalue weighted by atomic mass is 9.92. The van der Waals surface area contributed by atoms with Crippen molar-refractivity contribution >= 4 is 23.1 Å². The smallest absolute Gasteiger partial charge is 0.300 e. The molecule has 1 unspecified atom stereocenters. The van der Waals surface area contributed by atoms with Crippen molar-refractivity contribution in [1.29, 1.82) is 0 Å². The number of methoxy groups -OCH3 is 1. The van der Waals surface area contributed by atoms with Crippen LogP contribution in [0.2, 0.25) is 0 Å². The highest BCUT2D eigenvalue weighted by atomic mass is 16.5. The molecule has 1 aliphatic rings. The number of hydrogen-bond acceptors (Lipinski definition) is 5. The van der Waals surface area contributed by atoms with Gasteiger partial charge in [0.05, 0.1) is 18.4 Å². The molecular formula is C27H26N2O4. The molecule has 6 heteroatoms. The van der Waals surface area contributed by atoms with Crippen LogP contribution in [0.1, 0.15) is 48.2 Å². The molecule has 1 saturated heterocycles. The van der Waals surface area contributed by atoms with E-state index in [1.165, 1.54) is 4.90 Å². The van der Waals surface area contributed by atoms with E-state index in [0.717, 1.165) is 11.1 Å². The van der Waals surface area contributed by atoms with Crippen molar-refractivity contribution in [3.63, 3.8) is 0 Å². The number of pyridine rings is 1. The van der Waals surface area contributed by atoms with Gasteiger partial charge in [-0.25, -0.2) is 0 Å². The van der Waals surface area contributed by atoms with Crippen LogP contribution < -0.4 is 9.64 Å². The number of ether oxygens (including phenoxy) is 1. The van der Waals surface area contributed by atoms with Crippen molar-refractivity contribution in [1.82, 2.24) is 4.98 Å². The second-order valence-electron chi connectivity index (χ2n) is 8.32. The molecule has 2 aromatic carbocycles. The Morgan fingerprint density at radius 1 is 1.06 bits per heavy atom. The van der Waals surface area contributed by atoms with Gasteiger partial charge in [-0.1, -0.05) is 38.1 Å². The topological polar surface area (TPSA) is 79.7 Å². The van der Waals surface area contributed by atoms with Crippen molar-refractivity contribution in [2.45, 2.75) is 32.7 Å². The minimum absolute atomic E-state index is 0.0190. The van der Waals surface area contributed by atoms with Gasteiger partial charge in [0.2, 0.25) is 0 Å². The van der Waals surface area contributed by atoms with E-state index >= 15 is 0 Å². The first-order valence-electron chi connectivity index (χ1n) is 10.8. The molecule has 4 rings (SSSR count). The number of benzene rings is 2. The molecule has 1 amide bonds. The number of para-hydroxylation sites is 1. The molecule has 2 heterocycles. The largest absolute Gasteiger partial charge is 0.507 e. The van der Waals surface area contributed by atoms with Gasteiger partial charge in [-0.2, -0.15) is 0 Å².